The van der Waals surface area contributed by atoms with Crippen LogP contribution in [-0.2, 0) is 32.7 Å². The van der Waals surface area contributed by atoms with Crippen LogP contribution in [0.1, 0.15) is 0 Å². The van der Waals surface area contributed by atoms with E-state index in [-0.39, 0.29) is 32.7 Å². The topological polar surface area (TPSA) is 0 Å². The van der Waals surface area contributed by atoms with Crippen molar-refractivity contribution in [3.8, 4) is 0 Å². The van der Waals surface area contributed by atoms with E-state index in [1.54, 1.807) is 0 Å². The number of hydrogen-bond acceptors (Lipinski definition) is 0. The van der Waals surface area contributed by atoms with Crippen LogP contribution >= 0.6 is 0 Å². The maximum absolute atomic E-state index is 11.9. The van der Waals surface area contributed by atoms with Gasteiger partial charge in [-0.25, -0.2) is 8.78 Å². The quantitative estimate of drug-likeness (QED) is 0.562. The van der Waals surface area contributed by atoms with Crippen molar-refractivity contribution in [2.45, 2.75) is 0 Å². The SMILES string of the molecule is Fc1[c-]ccc(F)c1.[Y]. The Morgan fingerprint density at radius 1 is 1.33 bits per heavy atom. The van der Waals surface area contributed by atoms with Gasteiger partial charge in [0.05, 0.1) is 0 Å². The van der Waals surface area contributed by atoms with Crippen molar-refractivity contribution < 1.29 is 41.5 Å². The number of hydrogen-bond donors (Lipinski definition) is 0. The summed E-state index contributed by atoms with van der Waals surface area (Å²) in [5, 5.41) is 0. The maximum Gasteiger partial charge on any atom is 0.0178 e. The van der Waals surface area contributed by atoms with Gasteiger partial charge in [0, 0.05) is 44.3 Å². The Morgan fingerprint density at radius 2 is 2.00 bits per heavy atom. The van der Waals surface area contributed by atoms with Crippen LogP contribution in [0, 0.1) is 17.7 Å². The molecule has 1 aromatic rings. The Bertz CT molecular complexity index is 171. The fourth-order valence-corrected chi connectivity index (χ4v) is 0.412. The van der Waals surface area contributed by atoms with Crippen LogP contribution in [-0.4, -0.2) is 0 Å². The van der Waals surface area contributed by atoms with E-state index in [2.05, 4.69) is 6.07 Å². The van der Waals surface area contributed by atoms with Crippen molar-refractivity contribution in [1.82, 2.24) is 0 Å². The van der Waals surface area contributed by atoms with Crippen molar-refractivity contribution >= 4 is 0 Å². The molecule has 1 aromatic carbocycles. The van der Waals surface area contributed by atoms with E-state index in [0.29, 0.717) is 0 Å². The molecular formula is C6H3F2Y-. The van der Waals surface area contributed by atoms with Gasteiger partial charge in [-0.3, -0.25) is 0 Å². The van der Waals surface area contributed by atoms with Gasteiger partial charge in [0.1, 0.15) is 0 Å². The van der Waals surface area contributed by atoms with Crippen molar-refractivity contribution in [2.24, 2.45) is 0 Å². The Balaban J connectivity index is 0.000000640. The molecule has 0 aliphatic rings. The molecule has 0 unspecified atom stereocenters. The van der Waals surface area contributed by atoms with Crippen LogP contribution in [0.2, 0.25) is 0 Å². The van der Waals surface area contributed by atoms with Crippen LogP contribution < -0.4 is 0 Å². The molecule has 0 aliphatic carbocycles. The minimum atomic E-state index is -0.662. The van der Waals surface area contributed by atoms with Gasteiger partial charge < -0.3 is 0 Å². The summed E-state index contributed by atoms with van der Waals surface area (Å²) >= 11 is 0. The predicted molar refractivity (Wildman–Crippen MR) is 25.2 cm³/mol. The van der Waals surface area contributed by atoms with E-state index in [9.17, 15) is 8.78 Å². The molecule has 0 nitrogen and oxygen atoms in total. The zero-order valence-corrected chi connectivity index (χ0v) is 7.40. The van der Waals surface area contributed by atoms with Crippen LogP contribution in [0.25, 0.3) is 0 Å². The molecule has 0 fully saturated rings. The van der Waals surface area contributed by atoms with Gasteiger partial charge in [0.25, 0.3) is 0 Å². The monoisotopic (exact) mass is 202 g/mol. The molecule has 0 aromatic heterocycles. The third-order valence-electron chi connectivity index (χ3n) is 0.728. The van der Waals surface area contributed by atoms with Gasteiger partial charge in [0.2, 0.25) is 0 Å². The van der Waals surface area contributed by atoms with Crippen LogP contribution in [0.3, 0.4) is 0 Å². The second-order valence-electron chi connectivity index (χ2n) is 1.35. The minimum Gasteiger partial charge on any atom is -0.236 e. The third kappa shape index (κ3) is 3.02. The minimum absolute atomic E-state index is 0. The molecule has 0 aliphatic heterocycles. The van der Waals surface area contributed by atoms with E-state index < -0.39 is 11.6 Å². The second-order valence-corrected chi connectivity index (χ2v) is 1.35. The largest absolute Gasteiger partial charge is 0.236 e. The summed E-state index contributed by atoms with van der Waals surface area (Å²) in [5.41, 5.74) is 0. The molecule has 0 bridgehead atoms. The summed E-state index contributed by atoms with van der Waals surface area (Å²) in [6.45, 7) is 0. The molecule has 45 valence electrons. The van der Waals surface area contributed by atoms with Crippen molar-refractivity contribution in [1.29, 1.82) is 0 Å². The van der Waals surface area contributed by atoms with E-state index in [1.807, 2.05) is 0 Å². The number of halogens is 2. The smallest absolute Gasteiger partial charge is 0.0178 e. The fourth-order valence-electron chi connectivity index (χ4n) is 0.412. The molecule has 3 heteroatoms. The first-order valence-electron chi connectivity index (χ1n) is 2.12. The summed E-state index contributed by atoms with van der Waals surface area (Å²) in [7, 11) is 0. The molecule has 0 saturated carbocycles. The summed E-state index contributed by atoms with van der Waals surface area (Å²) < 4.78 is 23.8. The molecule has 0 heterocycles. The number of rotatable bonds is 0. The van der Waals surface area contributed by atoms with E-state index in [1.165, 1.54) is 6.07 Å². The molecule has 0 amide bonds. The molecule has 1 rings (SSSR count). The van der Waals surface area contributed by atoms with Gasteiger partial charge in [-0.15, -0.1) is 18.2 Å². The van der Waals surface area contributed by atoms with Gasteiger partial charge in [-0.05, 0) is 0 Å². The fraction of sp³-hybridized carbons (Fsp3) is 0. The number of benzene rings is 1. The molecule has 0 atom stereocenters. The first-order chi connectivity index (χ1) is 3.79. The van der Waals surface area contributed by atoms with E-state index in [0.717, 1.165) is 12.1 Å². The van der Waals surface area contributed by atoms with Crippen molar-refractivity contribution in [2.75, 3.05) is 0 Å². The van der Waals surface area contributed by atoms with Gasteiger partial charge in [0.15, 0.2) is 0 Å². The summed E-state index contributed by atoms with van der Waals surface area (Å²) in [5.74, 6) is -1.23. The zero-order chi connectivity index (χ0) is 5.98. The Morgan fingerprint density at radius 3 is 2.33 bits per heavy atom. The Kier molecular flexibility index (Phi) is 4.16. The first kappa shape index (κ1) is 9.18. The Labute approximate surface area is 77.1 Å². The molecule has 9 heavy (non-hydrogen) atoms. The average Bonchev–Trinajstić information content (AvgIpc) is 1.64. The first-order valence-corrected chi connectivity index (χ1v) is 2.12. The standard InChI is InChI=1S/C6H3F2.Y/c7-5-2-1-3-6(8)4-5;/h1-2,4H;/q-1;. The Hall–Kier alpha value is 0.184. The van der Waals surface area contributed by atoms with Gasteiger partial charge in [-0.2, -0.15) is 6.07 Å². The van der Waals surface area contributed by atoms with Crippen molar-refractivity contribution in [3.63, 3.8) is 0 Å². The third-order valence-corrected chi connectivity index (χ3v) is 0.728. The molecule has 0 N–H and O–H groups in total. The van der Waals surface area contributed by atoms with Crippen LogP contribution in [0.15, 0.2) is 18.2 Å². The van der Waals surface area contributed by atoms with E-state index >= 15 is 0 Å². The zero-order valence-electron chi connectivity index (χ0n) is 4.57. The van der Waals surface area contributed by atoms with Crippen LogP contribution in [0.5, 0.6) is 0 Å². The van der Waals surface area contributed by atoms with Crippen LogP contribution in [0.4, 0.5) is 8.78 Å². The average molecular weight is 202 g/mol. The van der Waals surface area contributed by atoms with E-state index in [4.69, 9.17) is 0 Å². The summed E-state index contributed by atoms with van der Waals surface area (Å²) in [6, 6.07) is 5.28. The normalized spacial score (nSPS) is 8.22. The summed E-state index contributed by atoms with van der Waals surface area (Å²) in [6.07, 6.45) is 0. The van der Waals surface area contributed by atoms with Gasteiger partial charge >= 0.3 is 0 Å². The molecular weight excluding hydrogens is 199 g/mol. The second kappa shape index (κ2) is 4.07. The van der Waals surface area contributed by atoms with Gasteiger partial charge in [-0.1, -0.05) is 0 Å². The maximum atomic E-state index is 11.9. The molecule has 0 saturated heterocycles. The molecule has 0 spiro atoms. The molecule has 1 radical (unpaired) electrons. The predicted octanol–water partition coefficient (Wildman–Crippen LogP) is 1.76. The summed E-state index contributed by atoms with van der Waals surface area (Å²) in [4.78, 5) is 0. The van der Waals surface area contributed by atoms with Crippen molar-refractivity contribution in [3.05, 3.63) is 35.9 Å².